The van der Waals surface area contributed by atoms with Crippen molar-refractivity contribution in [2.45, 2.75) is 26.4 Å². The van der Waals surface area contributed by atoms with Crippen LogP contribution < -0.4 is 4.74 Å². The molecule has 7 heteroatoms. The predicted molar refractivity (Wildman–Crippen MR) is 92.8 cm³/mol. The summed E-state index contributed by atoms with van der Waals surface area (Å²) < 4.78 is 31.9. The summed E-state index contributed by atoms with van der Waals surface area (Å²) in [6, 6.07) is 6.05. The lowest BCUT2D eigenvalue weighted by molar-refractivity contribution is 0.0751. The molecule has 0 unspecified atom stereocenters. The van der Waals surface area contributed by atoms with E-state index in [4.69, 9.17) is 4.74 Å². The van der Waals surface area contributed by atoms with Gasteiger partial charge in [-0.2, -0.15) is 0 Å². The lowest BCUT2D eigenvalue weighted by Crippen LogP contribution is -2.54. The number of aromatic nitrogens is 1. The summed E-state index contributed by atoms with van der Waals surface area (Å²) in [6.07, 6.45) is 1.83. The zero-order chi connectivity index (χ0) is 18.7. The molecule has 1 atom stereocenters. The van der Waals surface area contributed by atoms with Crippen LogP contribution in [0.25, 0.3) is 0 Å². The first-order chi connectivity index (χ1) is 12.4. The summed E-state index contributed by atoms with van der Waals surface area (Å²) in [6.45, 7) is 6.19. The first-order valence-electron chi connectivity index (χ1n) is 8.48. The quantitative estimate of drug-likeness (QED) is 0.841. The summed E-state index contributed by atoms with van der Waals surface area (Å²) in [7, 11) is 0. The average Bonchev–Trinajstić information content (AvgIpc) is 2.53. The molecule has 26 heavy (non-hydrogen) atoms. The smallest absolute Gasteiger partial charge is 0.408 e. The molecule has 0 radical (unpaired) electrons. The van der Waals surface area contributed by atoms with Gasteiger partial charge < -0.3 is 9.64 Å². The molecule has 1 amide bonds. The van der Waals surface area contributed by atoms with Gasteiger partial charge in [0.2, 0.25) is 0 Å². The number of carbonyl (C=O) groups excluding carboxylic acids is 1. The van der Waals surface area contributed by atoms with Gasteiger partial charge in [-0.15, -0.1) is 0 Å². The molecule has 0 aliphatic carbocycles. The van der Waals surface area contributed by atoms with Gasteiger partial charge in [0, 0.05) is 38.3 Å². The van der Waals surface area contributed by atoms with Crippen LogP contribution in [0.3, 0.4) is 0 Å². The summed E-state index contributed by atoms with van der Waals surface area (Å²) >= 11 is 0. The maximum atomic E-state index is 13.5. The van der Waals surface area contributed by atoms with Crippen LogP contribution in [-0.4, -0.2) is 46.6 Å². The number of halogens is 2. The first-order valence-corrected chi connectivity index (χ1v) is 8.48. The Morgan fingerprint density at radius 1 is 1.19 bits per heavy atom. The molecule has 1 aromatic carbocycles. The largest absolute Gasteiger partial charge is 0.415 e. The van der Waals surface area contributed by atoms with Crippen molar-refractivity contribution in [1.82, 2.24) is 14.8 Å². The van der Waals surface area contributed by atoms with E-state index in [0.29, 0.717) is 26.2 Å². The summed E-state index contributed by atoms with van der Waals surface area (Å²) in [5.74, 6) is -0.711. The van der Waals surface area contributed by atoms with E-state index in [1.54, 1.807) is 4.90 Å². The van der Waals surface area contributed by atoms with Crippen LogP contribution in [0.2, 0.25) is 0 Å². The minimum Gasteiger partial charge on any atom is -0.408 e. The molecule has 3 rings (SSSR count). The van der Waals surface area contributed by atoms with Gasteiger partial charge in [-0.1, -0.05) is 6.07 Å². The Labute approximate surface area is 151 Å². The number of piperazine rings is 1. The van der Waals surface area contributed by atoms with E-state index >= 15 is 0 Å². The Morgan fingerprint density at radius 2 is 2.00 bits per heavy atom. The summed E-state index contributed by atoms with van der Waals surface area (Å²) in [5, 5.41) is 0. The van der Waals surface area contributed by atoms with Gasteiger partial charge in [0.25, 0.3) is 0 Å². The third kappa shape index (κ3) is 4.54. The van der Waals surface area contributed by atoms with Gasteiger partial charge in [0.1, 0.15) is 11.6 Å². The number of ether oxygens (including phenoxy) is 1. The zero-order valence-electron chi connectivity index (χ0n) is 14.8. The Hall–Kier alpha value is -2.54. The van der Waals surface area contributed by atoms with Crippen molar-refractivity contribution in [3.05, 3.63) is 59.4 Å². The molecule has 1 fully saturated rings. The number of hydrogen-bond acceptors (Lipinski definition) is 4. The highest BCUT2D eigenvalue weighted by molar-refractivity contribution is 5.71. The van der Waals surface area contributed by atoms with E-state index < -0.39 is 11.9 Å². The van der Waals surface area contributed by atoms with Crippen LogP contribution in [0, 0.1) is 18.6 Å². The summed E-state index contributed by atoms with van der Waals surface area (Å²) in [5.41, 5.74) is 1.80. The standard InChI is InChI=1S/C19H21F2N3O2/c1-13-5-15(7-16(20)6-13)12-23-3-4-24(14(2)11-23)19(25)26-18-8-17(21)9-22-10-18/h5-10,14H,3-4,11-12H2,1-2H3/t14-/m1/s1. The molecule has 0 N–H and O–H groups in total. The fourth-order valence-electron chi connectivity index (χ4n) is 3.22. The lowest BCUT2D eigenvalue weighted by Gasteiger charge is -2.39. The van der Waals surface area contributed by atoms with Crippen molar-refractivity contribution in [1.29, 1.82) is 0 Å². The van der Waals surface area contributed by atoms with Crippen molar-refractivity contribution in [3.8, 4) is 5.75 Å². The van der Waals surface area contributed by atoms with E-state index in [0.717, 1.165) is 23.4 Å². The van der Waals surface area contributed by atoms with E-state index in [9.17, 15) is 13.6 Å². The first kappa shape index (κ1) is 18.3. The molecule has 2 heterocycles. The van der Waals surface area contributed by atoms with Gasteiger partial charge in [-0.3, -0.25) is 9.88 Å². The molecular weight excluding hydrogens is 340 g/mol. The van der Waals surface area contributed by atoms with Crippen LogP contribution in [0.15, 0.2) is 36.7 Å². The van der Waals surface area contributed by atoms with Gasteiger partial charge in [0.05, 0.1) is 12.4 Å². The van der Waals surface area contributed by atoms with Crippen molar-refractivity contribution in [2.24, 2.45) is 0 Å². The fraction of sp³-hybridized carbons (Fsp3) is 0.368. The van der Waals surface area contributed by atoms with E-state index in [1.807, 2.05) is 19.9 Å². The second-order valence-electron chi connectivity index (χ2n) is 6.62. The molecule has 2 aromatic rings. The SMILES string of the molecule is Cc1cc(F)cc(CN2CCN(C(=O)Oc3cncc(F)c3)[C@H](C)C2)c1. The summed E-state index contributed by atoms with van der Waals surface area (Å²) in [4.78, 5) is 19.8. The number of hydrogen-bond donors (Lipinski definition) is 0. The Balaban J connectivity index is 1.58. The third-order valence-corrected chi connectivity index (χ3v) is 4.34. The monoisotopic (exact) mass is 361 g/mol. The minimum atomic E-state index is -0.557. The Kier molecular flexibility index (Phi) is 5.46. The van der Waals surface area contributed by atoms with Crippen molar-refractivity contribution >= 4 is 6.09 Å². The highest BCUT2D eigenvalue weighted by Gasteiger charge is 2.29. The molecule has 138 valence electrons. The maximum Gasteiger partial charge on any atom is 0.415 e. The van der Waals surface area contributed by atoms with Crippen molar-refractivity contribution in [3.63, 3.8) is 0 Å². The number of aryl methyl sites for hydroxylation is 1. The van der Waals surface area contributed by atoms with Gasteiger partial charge in [-0.05, 0) is 37.1 Å². The van der Waals surface area contributed by atoms with Crippen LogP contribution in [0.1, 0.15) is 18.1 Å². The van der Waals surface area contributed by atoms with Crippen molar-refractivity contribution < 1.29 is 18.3 Å². The topological polar surface area (TPSA) is 45.7 Å². The predicted octanol–water partition coefficient (Wildman–Crippen LogP) is 3.37. The third-order valence-electron chi connectivity index (χ3n) is 4.34. The second kappa shape index (κ2) is 7.78. The van der Waals surface area contributed by atoms with E-state index in [1.165, 1.54) is 18.3 Å². The molecule has 0 saturated carbocycles. The Bertz CT molecular complexity index is 780. The lowest BCUT2D eigenvalue weighted by atomic mass is 10.1. The second-order valence-corrected chi connectivity index (χ2v) is 6.62. The number of nitrogens with zero attached hydrogens (tertiary/aromatic N) is 3. The van der Waals surface area contributed by atoms with Crippen LogP contribution in [-0.2, 0) is 6.54 Å². The van der Waals surface area contributed by atoms with Crippen molar-refractivity contribution in [2.75, 3.05) is 19.6 Å². The van der Waals surface area contributed by atoms with Gasteiger partial charge in [-0.25, -0.2) is 13.6 Å². The van der Waals surface area contributed by atoms with Crippen LogP contribution in [0.4, 0.5) is 13.6 Å². The number of amides is 1. The molecule has 5 nitrogen and oxygen atoms in total. The van der Waals surface area contributed by atoms with E-state index in [-0.39, 0.29) is 17.6 Å². The van der Waals surface area contributed by atoms with E-state index in [2.05, 4.69) is 9.88 Å². The number of carbonyl (C=O) groups is 1. The number of benzene rings is 1. The average molecular weight is 361 g/mol. The number of rotatable bonds is 3. The molecule has 1 aliphatic rings. The fourth-order valence-corrected chi connectivity index (χ4v) is 3.22. The minimum absolute atomic E-state index is 0.0765. The molecule has 1 saturated heterocycles. The molecule has 0 bridgehead atoms. The number of pyridine rings is 1. The van der Waals surface area contributed by atoms with Gasteiger partial charge in [0.15, 0.2) is 5.75 Å². The van der Waals surface area contributed by atoms with Crippen LogP contribution in [0.5, 0.6) is 5.75 Å². The highest BCUT2D eigenvalue weighted by atomic mass is 19.1. The molecule has 1 aromatic heterocycles. The normalized spacial score (nSPS) is 18.0. The molecule has 1 aliphatic heterocycles. The maximum absolute atomic E-state index is 13.5. The van der Waals surface area contributed by atoms with Gasteiger partial charge >= 0.3 is 6.09 Å². The van der Waals surface area contributed by atoms with Crippen LogP contribution >= 0.6 is 0 Å². The molecular formula is C19H21F2N3O2. The Morgan fingerprint density at radius 3 is 2.69 bits per heavy atom. The molecule has 0 spiro atoms. The highest BCUT2D eigenvalue weighted by Crippen LogP contribution is 2.18. The zero-order valence-corrected chi connectivity index (χ0v) is 14.8.